The topological polar surface area (TPSA) is 79.8 Å². The number of carbonyl (C=O) groups excluding carboxylic acids is 1. The lowest BCUT2D eigenvalue weighted by Gasteiger charge is -2.42. The molecule has 4 aromatic rings. The Morgan fingerprint density at radius 3 is 2.69 bits per heavy atom. The third-order valence-electron chi connectivity index (χ3n) is 6.78. The van der Waals surface area contributed by atoms with E-state index in [0.717, 1.165) is 61.1 Å². The van der Waals surface area contributed by atoms with E-state index in [0.29, 0.717) is 23.1 Å². The van der Waals surface area contributed by atoms with Crippen LogP contribution < -0.4 is 5.32 Å². The van der Waals surface area contributed by atoms with E-state index in [1.807, 2.05) is 50.6 Å². The van der Waals surface area contributed by atoms with Crippen LogP contribution in [-0.2, 0) is 0 Å². The number of aromatic nitrogens is 5. The molecule has 0 bridgehead atoms. The maximum Gasteiger partial charge on any atom is 0.272 e. The normalized spacial score (nSPS) is 18.4. The number of carbonyl (C=O) groups is 1. The third-order valence-corrected chi connectivity index (χ3v) is 6.78. The lowest BCUT2D eigenvalue weighted by molar-refractivity contribution is 0.0786. The molecular weight excluding hydrogens is 402 g/mol. The van der Waals surface area contributed by atoms with Gasteiger partial charge < -0.3 is 10.2 Å². The molecule has 1 amide bonds. The predicted molar refractivity (Wildman–Crippen MR) is 123 cm³/mol. The minimum absolute atomic E-state index is 0.0483. The number of anilines is 1. The van der Waals surface area contributed by atoms with Gasteiger partial charge in [-0.1, -0.05) is 13.8 Å². The first kappa shape index (κ1) is 19.3. The number of likely N-dealkylation sites (tertiary alicyclic amines) is 1. The molecule has 1 saturated carbocycles. The molecule has 1 N–H and O–H groups in total. The van der Waals surface area contributed by atoms with E-state index in [4.69, 9.17) is 0 Å². The summed E-state index contributed by atoms with van der Waals surface area (Å²) < 4.78 is 3.76. The number of rotatable bonds is 4. The second-order valence-corrected chi connectivity index (χ2v) is 9.84. The number of imidazole rings is 1. The molecule has 4 aromatic heterocycles. The van der Waals surface area contributed by atoms with Crippen molar-refractivity contribution in [2.24, 2.45) is 5.41 Å². The van der Waals surface area contributed by atoms with E-state index in [2.05, 4.69) is 34.2 Å². The fourth-order valence-corrected chi connectivity index (χ4v) is 5.15. The highest BCUT2D eigenvalue weighted by molar-refractivity contribution is 5.93. The molecule has 32 heavy (non-hydrogen) atoms. The number of nitrogens with zero attached hydrogens (tertiary/aromatic N) is 6. The summed E-state index contributed by atoms with van der Waals surface area (Å²) in [4.78, 5) is 23.9. The van der Waals surface area contributed by atoms with Gasteiger partial charge in [0.2, 0.25) is 5.95 Å². The van der Waals surface area contributed by atoms with Crippen molar-refractivity contribution in [2.45, 2.75) is 45.6 Å². The molecule has 1 aliphatic heterocycles. The Bertz CT molecular complexity index is 1320. The molecule has 0 unspecified atom stereocenters. The summed E-state index contributed by atoms with van der Waals surface area (Å²) in [6.07, 6.45) is 11.9. The van der Waals surface area contributed by atoms with Crippen LogP contribution in [0.1, 0.15) is 50.0 Å². The number of hydrogen-bond donors (Lipinski definition) is 1. The van der Waals surface area contributed by atoms with Crippen LogP contribution in [0.3, 0.4) is 0 Å². The van der Waals surface area contributed by atoms with Crippen LogP contribution in [0, 0.1) is 5.41 Å². The zero-order valence-electron chi connectivity index (χ0n) is 18.5. The lowest BCUT2D eigenvalue weighted by atomic mass is 9.68. The quantitative estimate of drug-likeness (QED) is 0.533. The fraction of sp³-hybridized carbons (Fsp3) is 0.417. The molecule has 0 atom stereocenters. The van der Waals surface area contributed by atoms with Crippen LogP contribution in [0.15, 0.2) is 43.0 Å². The molecule has 5 heterocycles. The number of nitrogens with one attached hydrogen (secondary N) is 1. The van der Waals surface area contributed by atoms with Crippen molar-refractivity contribution in [3.05, 3.63) is 48.7 Å². The lowest BCUT2D eigenvalue weighted by Crippen LogP contribution is -2.41. The van der Waals surface area contributed by atoms with Gasteiger partial charge in [-0.2, -0.15) is 0 Å². The second-order valence-electron chi connectivity index (χ2n) is 9.84. The van der Waals surface area contributed by atoms with Gasteiger partial charge in [-0.05, 0) is 49.3 Å². The summed E-state index contributed by atoms with van der Waals surface area (Å²) in [6, 6.07) is 6.46. The van der Waals surface area contributed by atoms with Crippen molar-refractivity contribution in [3.63, 3.8) is 0 Å². The van der Waals surface area contributed by atoms with E-state index < -0.39 is 0 Å². The van der Waals surface area contributed by atoms with Crippen molar-refractivity contribution in [1.82, 2.24) is 28.9 Å². The van der Waals surface area contributed by atoms with Gasteiger partial charge >= 0.3 is 0 Å². The molecule has 0 radical (unpaired) electrons. The third kappa shape index (κ3) is 3.21. The Balaban J connectivity index is 1.31. The number of hydrogen-bond acceptors (Lipinski definition) is 5. The maximum atomic E-state index is 13.0. The van der Waals surface area contributed by atoms with Crippen LogP contribution in [-0.4, -0.2) is 53.9 Å². The molecule has 8 nitrogen and oxygen atoms in total. The van der Waals surface area contributed by atoms with E-state index in [1.54, 1.807) is 6.20 Å². The molecule has 1 aliphatic carbocycles. The molecular formula is C24H27N7O. The molecule has 8 heteroatoms. The van der Waals surface area contributed by atoms with E-state index in [-0.39, 0.29) is 5.91 Å². The van der Waals surface area contributed by atoms with Gasteiger partial charge in [0.25, 0.3) is 5.91 Å². The van der Waals surface area contributed by atoms with Gasteiger partial charge in [0.15, 0.2) is 0 Å². The molecule has 2 fully saturated rings. The monoisotopic (exact) mass is 429 g/mol. The van der Waals surface area contributed by atoms with E-state index >= 15 is 0 Å². The highest BCUT2D eigenvalue weighted by atomic mass is 16.2. The number of amides is 1. The van der Waals surface area contributed by atoms with Crippen molar-refractivity contribution in [1.29, 1.82) is 0 Å². The van der Waals surface area contributed by atoms with Crippen molar-refractivity contribution < 1.29 is 4.79 Å². The van der Waals surface area contributed by atoms with E-state index in [1.165, 1.54) is 0 Å². The van der Waals surface area contributed by atoms with Gasteiger partial charge in [0.1, 0.15) is 11.3 Å². The summed E-state index contributed by atoms with van der Waals surface area (Å²) in [5, 5.41) is 8.10. The molecule has 2 aliphatic rings. The first-order valence-electron chi connectivity index (χ1n) is 11.3. The van der Waals surface area contributed by atoms with Crippen LogP contribution >= 0.6 is 0 Å². The van der Waals surface area contributed by atoms with Crippen LogP contribution in [0.2, 0.25) is 0 Å². The minimum Gasteiger partial charge on any atom is -0.350 e. The highest BCUT2D eigenvalue weighted by Gasteiger charge is 2.36. The largest absolute Gasteiger partial charge is 0.350 e. The predicted octanol–water partition coefficient (Wildman–Crippen LogP) is 3.88. The van der Waals surface area contributed by atoms with Crippen molar-refractivity contribution in [2.75, 3.05) is 18.4 Å². The zero-order valence-corrected chi connectivity index (χ0v) is 18.5. The summed E-state index contributed by atoms with van der Waals surface area (Å²) in [5.41, 5.74) is 4.74. The van der Waals surface area contributed by atoms with Gasteiger partial charge in [-0.3, -0.25) is 9.20 Å². The average Bonchev–Trinajstić information content (AvgIpc) is 3.50. The molecule has 0 aromatic carbocycles. The molecule has 1 saturated heterocycles. The molecule has 0 spiro atoms. The minimum atomic E-state index is 0.0483. The molecule has 6 rings (SSSR count). The summed E-state index contributed by atoms with van der Waals surface area (Å²) in [5.74, 6) is 0.704. The Morgan fingerprint density at radius 2 is 1.91 bits per heavy atom. The van der Waals surface area contributed by atoms with Gasteiger partial charge in [-0.15, -0.1) is 5.10 Å². The highest BCUT2D eigenvalue weighted by Crippen LogP contribution is 2.41. The summed E-state index contributed by atoms with van der Waals surface area (Å²) in [7, 11) is 0. The Morgan fingerprint density at radius 1 is 1.09 bits per heavy atom. The van der Waals surface area contributed by atoms with Crippen LogP contribution in [0.5, 0.6) is 0 Å². The average molecular weight is 430 g/mol. The Labute approximate surface area is 186 Å². The zero-order chi connectivity index (χ0) is 21.9. The van der Waals surface area contributed by atoms with Crippen LogP contribution in [0.25, 0.3) is 22.3 Å². The first-order chi connectivity index (χ1) is 15.5. The number of fused-ring (bicyclic) bond motifs is 2. The smallest absolute Gasteiger partial charge is 0.272 e. The van der Waals surface area contributed by atoms with Gasteiger partial charge in [0.05, 0.1) is 17.9 Å². The van der Waals surface area contributed by atoms with Crippen LogP contribution in [0.4, 0.5) is 5.95 Å². The maximum absolute atomic E-state index is 13.0. The summed E-state index contributed by atoms with van der Waals surface area (Å²) in [6.45, 7) is 6.22. The Kier molecular flexibility index (Phi) is 4.25. The second kappa shape index (κ2) is 7.05. The van der Waals surface area contributed by atoms with Crippen molar-refractivity contribution >= 4 is 23.0 Å². The van der Waals surface area contributed by atoms with Gasteiger partial charge in [-0.25, -0.2) is 14.5 Å². The SMILES string of the molecule is CC1(C)CC(Nc2ncc3c(-c4ccc5ncc(C(=O)N6CCCC6)n5c4)ccn3n2)C1. The summed E-state index contributed by atoms with van der Waals surface area (Å²) >= 11 is 0. The molecule has 164 valence electrons. The fourth-order valence-electron chi connectivity index (χ4n) is 5.15. The first-order valence-corrected chi connectivity index (χ1v) is 11.3. The number of pyridine rings is 1. The van der Waals surface area contributed by atoms with E-state index in [9.17, 15) is 4.79 Å². The van der Waals surface area contributed by atoms with Crippen molar-refractivity contribution in [3.8, 4) is 11.1 Å². The van der Waals surface area contributed by atoms with Gasteiger partial charge in [0, 0.05) is 42.7 Å². The standard InChI is InChI=1S/C24H27N7O/c1-24(2)11-17(12-24)27-23-26-13-19-18(7-10-31(19)28-23)16-5-6-21-25-14-20(30(21)15-16)22(32)29-8-3-4-9-29/h5-7,10,13-15,17H,3-4,8-9,11-12H2,1-2H3,(H,27,28). The Hall–Kier alpha value is -3.42.